The quantitative estimate of drug-likeness (QED) is 0.781. The summed E-state index contributed by atoms with van der Waals surface area (Å²) < 4.78 is 5.27. The number of benzene rings is 1. The highest BCUT2D eigenvalue weighted by Crippen LogP contribution is 2.37. The highest BCUT2D eigenvalue weighted by Gasteiger charge is 2.41. The second-order valence-electron chi connectivity index (χ2n) is 8.27. The number of pyridine rings is 1. The summed E-state index contributed by atoms with van der Waals surface area (Å²) in [5.41, 5.74) is 4.31. The molecule has 0 radical (unpaired) electrons. The molecule has 2 aromatic rings. The number of hydrogen-bond acceptors (Lipinski definition) is 5. The Morgan fingerprint density at radius 3 is 2.71 bits per heavy atom. The number of ether oxygens (including phenoxy) is 1. The minimum absolute atomic E-state index is 0.186. The van der Waals surface area contributed by atoms with Crippen LogP contribution in [0.2, 0.25) is 5.02 Å². The average Bonchev–Trinajstić information content (AvgIpc) is 2.89. The molecule has 1 fully saturated rings. The molecule has 1 aliphatic heterocycles. The zero-order valence-electron chi connectivity index (χ0n) is 17.6. The molecule has 0 spiro atoms. The first-order chi connectivity index (χ1) is 14.8. The maximum Gasteiger partial charge on any atom is 0.410 e. The Hall–Kier alpha value is -2.64. The number of halogens is 1. The molecule has 1 N–H and O–H groups in total. The summed E-state index contributed by atoms with van der Waals surface area (Å²) >= 11 is 6.27. The molecular formula is C23H26ClN3O4. The van der Waals surface area contributed by atoms with E-state index in [1.807, 2.05) is 24.3 Å². The normalized spacial score (nSPS) is 21.2. The number of aryl methyl sites for hydroxylation is 2. The number of amides is 1. The maximum atomic E-state index is 12.5. The van der Waals surface area contributed by atoms with E-state index in [-0.39, 0.29) is 25.2 Å². The number of fused-ring (bicyclic) bond motifs is 2. The van der Waals surface area contributed by atoms with E-state index in [1.54, 1.807) is 20.0 Å². The van der Waals surface area contributed by atoms with Crippen molar-refractivity contribution in [3.63, 3.8) is 0 Å². The van der Waals surface area contributed by atoms with Crippen LogP contribution in [0.15, 0.2) is 36.5 Å². The molecule has 1 aromatic carbocycles. The van der Waals surface area contributed by atoms with Crippen LogP contribution >= 0.6 is 11.6 Å². The number of aromatic nitrogens is 1. The summed E-state index contributed by atoms with van der Waals surface area (Å²) in [5, 5.41) is 10.6. The lowest BCUT2D eigenvalue weighted by Gasteiger charge is -2.42. The molecule has 1 aliphatic carbocycles. The number of rotatable bonds is 3. The van der Waals surface area contributed by atoms with Gasteiger partial charge in [-0.25, -0.2) is 9.59 Å². The summed E-state index contributed by atoms with van der Waals surface area (Å²) in [6.45, 7) is 4.47. The molecule has 1 saturated heterocycles. The maximum absolute atomic E-state index is 12.5. The van der Waals surface area contributed by atoms with E-state index in [0.29, 0.717) is 11.6 Å². The van der Waals surface area contributed by atoms with Crippen molar-refractivity contribution in [3.8, 4) is 0 Å². The SMILES string of the molecule is CC(C)OC(=O)N1CCN([C@H]2c3ccc(Cl)cc3CCc3cccnc32)C[C@@H]1C(=O)O. The summed E-state index contributed by atoms with van der Waals surface area (Å²) in [4.78, 5) is 32.7. The molecule has 1 amide bonds. The van der Waals surface area contributed by atoms with Gasteiger partial charge in [-0.15, -0.1) is 0 Å². The molecule has 7 nitrogen and oxygen atoms in total. The monoisotopic (exact) mass is 443 g/mol. The van der Waals surface area contributed by atoms with Crippen molar-refractivity contribution < 1.29 is 19.4 Å². The van der Waals surface area contributed by atoms with Crippen LogP contribution in [0.25, 0.3) is 0 Å². The van der Waals surface area contributed by atoms with Crippen LogP contribution in [0.5, 0.6) is 0 Å². The molecule has 31 heavy (non-hydrogen) atoms. The van der Waals surface area contributed by atoms with E-state index in [4.69, 9.17) is 21.3 Å². The van der Waals surface area contributed by atoms with Crippen LogP contribution in [-0.2, 0) is 22.4 Å². The number of carboxylic acids is 1. The van der Waals surface area contributed by atoms with E-state index in [0.717, 1.165) is 35.2 Å². The van der Waals surface area contributed by atoms with E-state index >= 15 is 0 Å². The lowest BCUT2D eigenvalue weighted by Crippen LogP contribution is -2.59. The Labute approximate surface area is 186 Å². The molecule has 2 aliphatic rings. The lowest BCUT2D eigenvalue weighted by atomic mass is 9.95. The number of carbonyl (C=O) groups excluding carboxylic acids is 1. The van der Waals surface area contributed by atoms with Crippen LogP contribution in [0, 0.1) is 0 Å². The Bertz CT molecular complexity index is 997. The highest BCUT2D eigenvalue weighted by atomic mass is 35.5. The highest BCUT2D eigenvalue weighted by molar-refractivity contribution is 6.30. The van der Waals surface area contributed by atoms with Gasteiger partial charge in [0.15, 0.2) is 0 Å². The van der Waals surface area contributed by atoms with Gasteiger partial charge in [-0.3, -0.25) is 14.8 Å². The number of aliphatic carboxylic acids is 1. The van der Waals surface area contributed by atoms with Crippen molar-refractivity contribution in [2.24, 2.45) is 0 Å². The van der Waals surface area contributed by atoms with Gasteiger partial charge in [0, 0.05) is 30.9 Å². The van der Waals surface area contributed by atoms with Gasteiger partial charge >= 0.3 is 12.1 Å². The van der Waals surface area contributed by atoms with Gasteiger partial charge < -0.3 is 9.84 Å². The van der Waals surface area contributed by atoms with Crippen LogP contribution in [0.1, 0.15) is 42.3 Å². The average molecular weight is 444 g/mol. The molecule has 4 rings (SSSR count). The largest absolute Gasteiger partial charge is 0.480 e. The first kappa shape index (κ1) is 21.6. The number of nitrogens with zero attached hydrogens (tertiary/aromatic N) is 3. The minimum Gasteiger partial charge on any atom is -0.480 e. The Morgan fingerprint density at radius 2 is 1.97 bits per heavy atom. The number of piperazine rings is 1. The number of hydrogen-bond donors (Lipinski definition) is 1. The predicted molar refractivity (Wildman–Crippen MR) is 116 cm³/mol. The van der Waals surface area contributed by atoms with Crippen LogP contribution in [0.4, 0.5) is 4.79 Å². The van der Waals surface area contributed by atoms with Gasteiger partial charge in [0.2, 0.25) is 0 Å². The van der Waals surface area contributed by atoms with Crippen molar-refractivity contribution in [3.05, 3.63) is 63.9 Å². The second-order valence-corrected chi connectivity index (χ2v) is 8.70. The Morgan fingerprint density at radius 1 is 1.19 bits per heavy atom. The van der Waals surface area contributed by atoms with E-state index < -0.39 is 18.1 Å². The molecule has 164 valence electrons. The molecular weight excluding hydrogens is 418 g/mol. The van der Waals surface area contributed by atoms with Crippen LogP contribution in [0.3, 0.4) is 0 Å². The van der Waals surface area contributed by atoms with Crippen molar-refractivity contribution in [2.45, 2.75) is 44.9 Å². The van der Waals surface area contributed by atoms with E-state index in [1.165, 1.54) is 4.90 Å². The number of carboxylic acid groups (broad SMARTS) is 1. The second kappa shape index (κ2) is 8.85. The first-order valence-electron chi connectivity index (χ1n) is 10.5. The first-order valence-corrected chi connectivity index (χ1v) is 10.9. The standard InChI is InChI=1S/C23H26ClN3O4/c1-14(2)31-23(30)27-11-10-26(13-19(27)22(28)29)21-18-8-7-17(24)12-16(18)6-5-15-4-3-9-25-20(15)21/h3-4,7-9,12,14,19,21H,5-6,10-11,13H2,1-2H3,(H,28,29)/t19-,21+/m1/s1. The minimum atomic E-state index is -1.04. The van der Waals surface area contributed by atoms with Gasteiger partial charge in [-0.2, -0.15) is 0 Å². The fraction of sp³-hybridized carbons (Fsp3) is 0.435. The Kier molecular flexibility index (Phi) is 6.16. The zero-order chi connectivity index (χ0) is 22.1. The molecule has 8 heteroatoms. The van der Waals surface area contributed by atoms with Crippen molar-refractivity contribution in [2.75, 3.05) is 19.6 Å². The zero-order valence-corrected chi connectivity index (χ0v) is 18.4. The third-order valence-electron chi connectivity index (χ3n) is 5.88. The summed E-state index contributed by atoms with van der Waals surface area (Å²) in [5.74, 6) is -1.04. The fourth-order valence-corrected chi connectivity index (χ4v) is 4.68. The summed E-state index contributed by atoms with van der Waals surface area (Å²) in [6, 6.07) is 8.68. The van der Waals surface area contributed by atoms with Crippen molar-refractivity contribution in [1.29, 1.82) is 0 Å². The van der Waals surface area contributed by atoms with Gasteiger partial charge in [0.05, 0.1) is 17.8 Å². The predicted octanol–water partition coefficient (Wildman–Crippen LogP) is 3.54. The number of carbonyl (C=O) groups is 2. The fourth-order valence-electron chi connectivity index (χ4n) is 4.49. The molecule has 0 saturated carbocycles. The molecule has 0 unspecified atom stereocenters. The van der Waals surface area contributed by atoms with E-state index in [9.17, 15) is 14.7 Å². The molecule has 0 bridgehead atoms. The smallest absolute Gasteiger partial charge is 0.410 e. The molecule has 2 atom stereocenters. The van der Waals surface area contributed by atoms with E-state index in [2.05, 4.69) is 11.0 Å². The van der Waals surface area contributed by atoms with Crippen molar-refractivity contribution >= 4 is 23.7 Å². The van der Waals surface area contributed by atoms with Gasteiger partial charge in [-0.1, -0.05) is 23.7 Å². The van der Waals surface area contributed by atoms with Gasteiger partial charge in [0.1, 0.15) is 6.04 Å². The third kappa shape index (κ3) is 4.38. The lowest BCUT2D eigenvalue weighted by molar-refractivity contribution is -0.145. The van der Waals surface area contributed by atoms with Gasteiger partial charge in [0.25, 0.3) is 0 Å². The molecule has 2 heterocycles. The topological polar surface area (TPSA) is 83.0 Å². The van der Waals surface area contributed by atoms with Crippen molar-refractivity contribution in [1.82, 2.24) is 14.8 Å². The van der Waals surface area contributed by atoms with Crippen LogP contribution < -0.4 is 0 Å². The Balaban J connectivity index is 1.71. The third-order valence-corrected chi connectivity index (χ3v) is 6.12. The molecule has 1 aromatic heterocycles. The van der Waals surface area contributed by atoms with Crippen LogP contribution in [-0.4, -0.2) is 63.7 Å². The van der Waals surface area contributed by atoms with Gasteiger partial charge in [-0.05, 0) is 61.6 Å². The summed E-state index contributed by atoms with van der Waals surface area (Å²) in [7, 11) is 0. The summed E-state index contributed by atoms with van der Waals surface area (Å²) in [6.07, 6.45) is 2.56.